The number of carboxylic acids is 1. The lowest BCUT2D eigenvalue weighted by Gasteiger charge is -2.17. The number of hydrogen-bond acceptors (Lipinski definition) is 4. The van der Waals surface area contributed by atoms with Crippen LogP contribution in [0.5, 0.6) is 0 Å². The van der Waals surface area contributed by atoms with Crippen molar-refractivity contribution in [3.8, 4) is 0 Å². The number of Topliss-reactive ketones (excluding diaryl/α,β-unsaturated/α-hetero) is 1. The van der Waals surface area contributed by atoms with Gasteiger partial charge in [0.1, 0.15) is 0 Å². The Morgan fingerprint density at radius 1 is 1.67 bits per heavy atom. The monoisotopic (exact) mass is 211 g/mol. The highest BCUT2D eigenvalue weighted by Gasteiger charge is 2.28. The normalized spacial score (nSPS) is 23.1. The number of aliphatic hydroxyl groups is 1. The molecular weight excluding hydrogens is 198 g/mol. The molecule has 1 rings (SSSR count). The van der Waals surface area contributed by atoms with Crippen LogP contribution in [0.2, 0.25) is 0 Å². The van der Waals surface area contributed by atoms with Gasteiger partial charge in [-0.3, -0.25) is 14.6 Å². The number of carbonyl (C=O) groups excluding carboxylic acids is 1. The fraction of sp³-hybridized carbons (Fsp3) is 0.500. The maximum absolute atomic E-state index is 11.5. The van der Waals surface area contributed by atoms with Gasteiger partial charge in [-0.1, -0.05) is 6.92 Å². The molecule has 5 nitrogen and oxygen atoms in total. The first-order valence-corrected chi connectivity index (χ1v) is 4.64. The zero-order valence-corrected chi connectivity index (χ0v) is 8.60. The van der Waals surface area contributed by atoms with Crippen molar-refractivity contribution in [1.29, 1.82) is 0 Å². The smallest absolute Gasteiger partial charge is 0.306 e. The molecule has 2 unspecified atom stereocenters. The molecule has 0 aliphatic carbocycles. The van der Waals surface area contributed by atoms with E-state index in [1.165, 1.54) is 20.1 Å². The van der Waals surface area contributed by atoms with Crippen molar-refractivity contribution in [2.75, 3.05) is 0 Å². The summed E-state index contributed by atoms with van der Waals surface area (Å²) in [6.07, 6.45) is 1.56. The molecule has 0 aromatic rings. The van der Waals surface area contributed by atoms with Gasteiger partial charge in [-0.05, 0) is 13.3 Å². The van der Waals surface area contributed by atoms with Crippen LogP contribution in [-0.4, -0.2) is 28.2 Å². The summed E-state index contributed by atoms with van der Waals surface area (Å²) in [5, 5.41) is 18.0. The largest absolute Gasteiger partial charge is 0.503 e. The number of aliphatic hydroxyl groups excluding tert-OH is 1. The Morgan fingerprint density at radius 2 is 2.27 bits per heavy atom. The lowest BCUT2D eigenvalue weighted by molar-refractivity contribution is -0.141. The third-order valence-electron chi connectivity index (χ3n) is 2.39. The Bertz CT molecular complexity index is 356. The summed E-state index contributed by atoms with van der Waals surface area (Å²) in [5.74, 6) is -3.02. The number of hydrogen-bond donors (Lipinski definition) is 2. The average molecular weight is 211 g/mol. The maximum atomic E-state index is 11.5. The number of rotatable bonds is 3. The predicted octanol–water partition coefficient (Wildman–Crippen LogP) is 1.16. The Kier molecular flexibility index (Phi) is 3.24. The van der Waals surface area contributed by atoms with E-state index in [0.29, 0.717) is 0 Å². The third kappa shape index (κ3) is 2.43. The van der Waals surface area contributed by atoms with E-state index in [9.17, 15) is 14.7 Å². The van der Waals surface area contributed by atoms with Crippen LogP contribution in [-0.2, 0) is 9.59 Å². The molecule has 1 aliphatic rings. The summed E-state index contributed by atoms with van der Waals surface area (Å²) in [6.45, 7) is 3.05. The number of carbonyl (C=O) groups is 2. The SMILES string of the molecule is CC1=C(O)C(=O)C(CC(C)C(=O)O)C=N1. The lowest BCUT2D eigenvalue weighted by Crippen LogP contribution is -2.26. The first-order chi connectivity index (χ1) is 6.93. The summed E-state index contributed by atoms with van der Waals surface area (Å²) in [6, 6.07) is 0. The number of allylic oxidation sites excluding steroid dienone is 2. The molecule has 0 fully saturated rings. The van der Waals surface area contributed by atoms with Crippen molar-refractivity contribution in [2.45, 2.75) is 20.3 Å². The molecule has 0 saturated carbocycles. The average Bonchev–Trinajstić information content (AvgIpc) is 2.18. The molecule has 0 bridgehead atoms. The summed E-state index contributed by atoms with van der Waals surface area (Å²) in [4.78, 5) is 25.9. The van der Waals surface area contributed by atoms with Gasteiger partial charge in [0.05, 0.1) is 17.5 Å². The van der Waals surface area contributed by atoms with Gasteiger partial charge in [-0.15, -0.1) is 0 Å². The summed E-state index contributed by atoms with van der Waals surface area (Å²) < 4.78 is 0. The topological polar surface area (TPSA) is 87.0 Å². The highest BCUT2D eigenvalue weighted by atomic mass is 16.4. The first kappa shape index (κ1) is 11.4. The van der Waals surface area contributed by atoms with Crippen molar-refractivity contribution < 1.29 is 19.8 Å². The molecule has 0 amide bonds. The van der Waals surface area contributed by atoms with Crippen LogP contribution in [0.1, 0.15) is 20.3 Å². The van der Waals surface area contributed by atoms with Gasteiger partial charge in [0.2, 0.25) is 5.78 Å². The van der Waals surface area contributed by atoms with Crippen LogP contribution in [0.4, 0.5) is 0 Å². The number of carboxylic acid groups (broad SMARTS) is 1. The molecular formula is C10H13NO4. The van der Waals surface area contributed by atoms with Gasteiger partial charge in [-0.25, -0.2) is 0 Å². The van der Waals surface area contributed by atoms with Crippen LogP contribution in [0.3, 0.4) is 0 Å². The van der Waals surface area contributed by atoms with E-state index < -0.39 is 23.6 Å². The quantitative estimate of drug-likeness (QED) is 0.733. The molecule has 2 atom stereocenters. The highest BCUT2D eigenvalue weighted by Crippen LogP contribution is 2.20. The van der Waals surface area contributed by atoms with Crippen molar-refractivity contribution in [2.24, 2.45) is 16.8 Å². The van der Waals surface area contributed by atoms with E-state index >= 15 is 0 Å². The molecule has 0 aromatic carbocycles. The molecule has 1 aliphatic heterocycles. The Labute approximate surface area is 87.1 Å². The lowest BCUT2D eigenvalue weighted by atomic mass is 9.90. The summed E-state index contributed by atoms with van der Waals surface area (Å²) in [5.41, 5.74) is 0.277. The second kappa shape index (κ2) is 4.25. The van der Waals surface area contributed by atoms with Crippen LogP contribution < -0.4 is 0 Å². The maximum Gasteiger partial charge on any atom is 0.306 e. The van der Waals surface area contributed by atoms with Crippen LogP contribution in [0.15, 0.2) is 16.4 Å². The molecule has 2 N–H and O–H groups in total. The van der Waals surface area contributed by atoms with Crippen molar-refractivity contribution in [1.82, 2.24) is 0 Å². The van der Waals surface area contributed by atoms with E-state index in [1.54, 1.807) is 0 Å². The minimum absolute atomic E-state index is 0.162. The molecule has 0 spiro atoms. The molecule has 0 radical (unpaired) electrons. The summed E-state index contributed by atoms with van der Waals surface area (Å²) in [7, 11) is 0. The number of aliphatic imine (C=N–C) groups is 1. The Morgan fingerprint density at radius 3 is 2.80 bits per heavy atom. The van der Waals surface area contributed by atoms with Crippen LogP contribution >= 0.6 is 0 Å². The second-order valence-electron chi connectivity index (χ2n) is 3.66. The molecule has 5 heteroatoms. The van der Waals surface area contributed by atoms with Gasteiger partial charge in [0.15, 0.2) is 5.76 Å². The van der Waals surface area contributed by atoms with Gasteiger partial charge in [0, 0.05) is 6.21 Å². The van der Waals surface area contributed by atoms with E-state index in [2.05, 4.69) is 4.99 Å². The van der Waals surface area contributed by atoms with Crippen LogP contribution in [0, 0.1) is 11.8 Å². The van der Waals surface area contributed by atoms with Gasteiger partial charge < -0.3 is 10.2 Å². The van der Waals surface area contributed by atoms with E-state index in [1.807, 2.05) is 0 Å². The first-order valence-electron chi connectivity index (χ1n) is 4.64. The molecule has 0 aromatic heterocycles. The minimum Gasteiger partial charge on any atom is -0.503 e. The zero-order valence-electron chi connectivity index (χ0n) is 8.60. The molecule has 82 valence electrons. The van der Waals surface area contributed by atoms with E-state index in [-0.39, 0.29) is 17.9 Å². The minimum atomic E-state index is -0.957. The Balaban J connectivity index is 2.73. The van der Waals surface area contributed by atoms with Gasteiger partial charge in [0.25, 0.3) is 0 Å². The zero-order chi connectivity index (χ0) is 11.6. The van der Waals surface area contributed by atoms with Crippen molar-refractivity contribution >= 4 is 18.0 Å². The fourth-order valence-corrected chi connectivity index (χ4v) is 1.33. The highest BCUT2D eigenvalue weighted by molar-refractivity contribution is 6.06. The molecule has 15 heavy (non-hydrogen) atoms. The summed E-state index contributed by atoms with van der Waals surface area (Å²) >= 11 is 0. The van der Waals surface area contributed by atoms with Gasteiger partial charge in [-0.2, -0.15) is 0 Å². The number of aliphatic carboxylic acids is 1. The number of ketones is 1. The standard InChI is InChI=1S/C10H13NO4/c1-5(10(14)15)3-7-4-11-6(2)8(12)9(7)13/h4-5,7,12H,3H2,1-2H3,(H,14,15). The van der Waals surface area contributed by atoms with Crippen molar-refractivity contribution in [3.05, 3.63) is 11.5 Å². The van der Waals surface area contributed by atoms with Gasteiger partial charge >= 0.3 is 5.97 Å². The fourth-order valence-electron chi connectivity index (χ4n) is 1.33. The van der Waals surface area contributed by atoms with E-state index in [4.69, 9.17) is 5.11 Å². The number of nitrogens with zero attached hydrogens (tertiary/aromatic N) is 1. The second-order valence-corrected chi connectivity index (χ2v) is 3.66. The predicted molar refractivity (Wildman–Crippen MR) is 53.7 cm³/mol. The molecule has 0 saturated heterocycles. The molecule has 1 heterocycles. The van der Waals surface area contributed by atoms with E-state index in [0.717, 1.165) is 0 Å². The third-order valence-corrected chi connectivity index (χ3v) is 2.39. The van der Waals surface area contributed by atoms with Crippen LogP contribution in [0.25, 0.3) is 0 Å². The Hall–Kier alpha value is -1.65. The van der Waals surface area contributed by atoms with Crippen molar-refractivity contribution in [3.63, 3.8) is 0 Å².